The summed E-state index contributed by atoms with van der Waals surface area (Å²) in [6, 6.07) is 5.95. The molecule has 0 saturated carbocycles. The highest BCUT2D eigenvalue weighted by Gasteiger charge is 2.32. The molecule has 0 spiro atoms. The molecule has 2 rings (SSSR count). The topological polar surface area (TPSA) is 57.6 Å². The van der Waals surface area contributed by atoms with E-state index in [0.717, 1.165) is 12.8 Å². The molecule has 19 heavy (non-hydrogen) atoms. The third-order valence-electron chi connectivity index (χ3n) is 3.35. The maximum absolute atomic E-state index is 12.3. The lowest BCUT2D eigenvalue weighted by Crippen LogP contribution is -2.47. The molecule has 1 aliphatic heterocycles. The predicted molar refractivity (Wildman–Crippen MR) is 70.7 cm³/mol. The number of benzene rings is 1. The van der Waals surface area contributed by atoms with Crippen molar-refractivity contribution < 1.29 is 14.7 Å². The molecule has 1 aromatic carbocycles. The monoisotopic (exact) mass is 257 g/mol. The lowest BCUT2D eigenvalue weighted by molar-refractivity contribution is -0.143. The Morgan fingerprint density at radius 1 is 1.26 bits per heavy atom. The van der Waals surface area contributed by atoms with E-state index >= 15 is 0 Å². The summed E-state index contributed by atoms with van der Waals surface area (Å²) in [5, 5.41) is 9.17. The van der Waals surface area contributed by atoms with Gasteiger partial charge in [0.15, 0.2) is 0 Å². The van der Waals surface area contributed by atoms with E-state index in [2.05, 4.69) is 5.92 Å². The molecular formula is C15H15NO3. The first-order chi connectivity index (χ1) is 9.13. The first-order valence-corrected chi connectivity index (χ1v) is 6.24. The van der Waals surface area contributed by atoms with E-state index < -0.39 is 12.0 Å². The zero-order chi connectivity index (χ0) is 13.8. The molecule has 1 aliphatic rings. The van der Waals surface area contributed by atoms with Crippen molar-refractivity contribution in [3.05, 3.63) is 35.4 Å². The SMILES string of the molecule is C#Cc1ccc(C(=O)N2CCCCC2C(=O)O)cc1. The first kappa shape index (κ1) is 13.2. The van der Waals surface area contributed by atoms with E-state index in [0.29, 0.717) is 24.1 Å². The Morgan fingerprint density at radius 3 is 2.53 bits per heavy atom. The van der Waals surface area contributed by atoms with E-state index in [1.165, 1.54) is 4.90 Å². The van der Waals surface area contributed by atoms with E-state index in [4.69, 9.17) is 11.5 Å². The number of piperidine rings is 1. The minimum absolute atomic E-state index is 0.240. The van der Waals surface area contributed by atoms with Gasteiger partial charge < -0.3 is 10.0 Å². The summed E-state index contributed by atoms with van der Waals surface area (Å²) in [5.41, 5.74) is 1.18. The van der Waals surface area contributed by atoms with Crippen LogP contribution in [0.25, 0.3) is 0 Å². The smallest absolute Gasteiger partial charge is 0.326 e. The van der Waals surface area contributed by atoms with Gasteiger partial charge in [-0.25, -0.2) is 4.79 Å². The maximum Gasteiger partial charge on any atom is 0.326 e. The number of terminal acetylenes is 1. The number of amides is 1. The van der Waals surface area contributed by atoms with Gasteiger partial charge in [-0.15, -0.1) is 6.42 Å². The van der Waals surface area contributed by atoms with Gasteiger partial charge in [-0.05, 0) is 43.5 Å². The molecule has 1 unspecified atom stereocenters. The van der Waals surface area contributed by atoms with Crippen LogP contribution < -0.4 is 0 Å². The summed E-state index contributed by atoms with van der Waals surface area (Å²) >= 11 is 0. The van der Waals surface area contributed by atoms with Crippen LogP contribution in [0.2, 0.25) is 0 Å². The van der Waals surface area contributed by atoms with Crippen LogP contribution in [0.3, 0.4) is 0 Å². The zero-order valence-corrected chi connectivity index (χ0v) is 10.5. The fraction of sp³-hybridized carbons (Fsp3) is 0.333. The van der Waals surface area contributed by atoms with Crippen molar-refractivity contribution in [2.24, 2.45) is 0 Å². The number of rotatable bonds is 2. The number of carbonyl (C=O) groups excluding carboxylic acids is 1. The van der Waals surface area contributed by atoms with Gasteiger partial charge in [0.1, 0.15) is 6.04 Å². The molecule has 1 saturated heterocycles. The van der Waals surface area contributed by atoms with Gasteiger partial charge in [0.25, 0.3) is 5.91 Å². The minimum Gasteiger partial charge on any atom is -0.480 e. The van der Waals surface area contributed by atoms with Crippen molar-refractivity contribution in [2.75, 3.05) is 6.54 Å². The van der Waals surface area contributed by atoms with Crippen molar-refractivity contribution >= 4 is 11.9 Å². The average Bonchev–Trinajstić information content (AvgIpc) is 2.46. The van der Waals surface area contributed by atoms with Gasteiger partial charge in [0.2, 0.25) is 0 Å². The Bertz CT molecular complexity index is 527. The average molecular weight is 257 g/mol. The van der Waals surface area contributed by atoms with Crippen LogP contribution in [-0.2, 0) is 4.79 Å². The zero-order valence-electron chi connectivity index (χ0n) is 10.5. The highest BCUT2D eigenvalue weighted by Crippen LogP contribution is 2.20. The minimum atomic E-state index is -0.937. The Hall–Kier alpha value is -2.28. The fourth-order valence-electron chi connectivity index (χ4n) is 2.31. The predicted octanol–water partition coefficient (Wildman–Crippen LogP) is 1.75. The van der Waals surface area contributed by atoms with Crippen molar-refractivity contribution in [1.29, 1.82) is 0 Å². The second kappa shape index (κ2) is 5.57. The number of hydrogen-bond donors (Lipinski definition) is 1. The Labute approximate surface area is 112 Å². The standard InChI is InChI=1S/C15H15NO3/c1-2-11-6-8-12(9-7-11)14(17)16-10-4-3-5-13(16)15(18)19/h1,6-9,13H,3-5,10H2,(H,18,19). The van der Waals surface area contributed by atoms with Crippen molar-refractivity contribution in [3.63, 3.8) is 0 Å². The van der Waals surface area contributed by atoms with Gasteiger partial charge in [0, 0.05) is 17.7 Å². The normalized spacial score (nSPS) is 18.7. The van der Waals surface area contributed by atoms with Gasteiger partial charge in [-0.1, -0.05) is 5.92 Å². The summed E-state index contributed by atoms with van der Waals surface area (Å²) in [5.74, 6) is 1.30. The second-order valence-electron chi connectivity index (χ2n) is 4.57. The lowest BCUT2D eigenvalue weighted by atomic mass is 10.0. The molecule has 0 radical (unpaired) electrons. The van der Waals surface area contributed by atoms with E-state index in [-0.39, 0.29) is 5.91 Å². The number of carboxylic acids is 1. The number of carboxylic acid groups (broad SMARTS) is 1. The van der Waals surface area contributed by atoms with Crippen LogP contribution in [0, 0.1) is 12.3 Å². The number of nitrogens with zero attached hydrogens (tertiary/aromatic N) is 1. The summed E-state index contributed by atoms with van der Waals surface area (Å²) in [6.07, 6.45) is 7.46. The Kier molecular flexibility index (Phi) is 3.86. The molecular weight excluding hydrogens is 242 g/mol. The van der Waals surface area contributed by atoms with E-state index in [9.17, 15) is 9.59 Å². The molecule has 0 aromatic heterocycles. The molecule has 0 bridgehead atoms. The molecule has 1 aromatic rings. The largest absolute Gasteiger partial charge is 0.480 e. The number of carbonyl (C=O) groups is 2. The summed E-state index contributed by atoms with van der Waals surface area (Å²) < 4.78 is 0. The van der Waals surface area contributed by atoms with Crippen molar-refractivity contribution in [1.82, 2.24) is 4.90 Å². The molecule has 0 aliphatic carbocycles. The van der Waals surface area contributed by atoms with Crippen LogP contribution in [0.4, 0.5) is 0 Å². The molecule has 4 nitrogen and oxygen atoms in total. The van der Waals surface area contributed by atoms with Crippen LogP contribution in [0.1, 0.15) is 35.2 Å². The number of hydrogen-bond acceptors (Lipinski definition) is 2. The molecule has 1 N–H and O–H groups in total. The van der Waals surface area contributed by atoms with Crippen LogP contribution in [0.15, 0.2) is 24.3 Å². The van der Waals surface area contributed by atoms with Crippen LogP contribution >= 0.6 is 0 Å². The van der Waals surface area contributed by atoms with Crippen molar-refractivity contribution in [3.8, 4) is 12.3 Å². The highest BCUT2D eigenvalue weighted by molar-refractivity contribution is 5.96. The van der Waals surface area contributed by atoms with Crippen molar-refractivity contribution in [2.45, 2.75) is 25.3 Å². The van der Waals surface area contributed by atoms with Gasteiger partial charge in [-0.3, -0.25) is 4.79 Å². The van der Waals surface area contributed by atoms with Gasteiger partial charge >= 0.3 is 5.97 Å². The summed E-state index contributed by atoms with van der Waals surface area (Å²) in [4.78, 5) is 24.9. The number of likely N-dealkylation sites (tertiary alicyclic amines) is 1. The second-order valence-corrected chi connectivity index (χ2v) is 4.57. The molecule has 1 fully saturated rings. The van der Waals surface area contributed by atoms with Crippen LogP contribution in [-0.4, -0.2) is 34.5 Å². The molecule has 1 atom stereocenters. The fourth-order valence-corrected chi connectivity index (χ4v) is 2.31. The summed E-state index contributed by atoms with van der Waals surface area (Å²) in [7, 11) is 0. The molecule has 4 heteroatoms. The van der Waals surface area contributed by atoms with Crippen LogP contribution in [0.5, 0.6) is 0 Å². The number of aliphatic carboxylic acids is 1. The van der Waals surface area contributed by atoms with E-state index in [1.54, 1.807) is 24.3 Å². The maximum atomic E-state index is 12.3. The molecule has 1 amide bonds. The summed E-state index contributed by atoms with van der Waals surface area (Å²) in [6.45, 7) is 0.493. The Balaban J connectivity index is 2.21. The van der Waals surface area contributed by atoms with Gasteiger partial charge in [0.05, 0.1) is 0 Å². The lowest BCUT2D eigenvalue weighted by Gasteiger charge is -2.33. The Morgan fingerprint density at radius 2 is 1.95 bits per heavy atom. The highest BCUT2D eigenvalue weighted by atomic mass is 16.4. The third kappa shape index (κ3) is 2.76. The van der Waals surface area contributed by atoms with E-state index in [1.807, 2.05) is 0 Å². The van der Waals surface area contributed by atoms with Gasteiger partial charge in [-0.2, -0.15) is 0 Å². The first-order valence-electron chi connectivity index (χ1n) is 6.24. The molecule has 1 heterocycles. The third-order valence-corrected chi connectivity index (χ3v) is 3.35. The quantitative estimate of drug-likeness (QED) is 0.821. The molecule has 98 valence electrons.